The summed E-state index contributed by atoms with van der Waals surface area (Å²) < 4.78 is 32.7. The monoisotopic (exact) mass is 492 g/mol. The highest BCUT2D eigenvalue weighted by atomic mass is 16.6. The lowest BCUT2D eigenvalue weighted by Crippen LogP contribution is -2.19. The van der Waals surface area contributed by atoms with E-state index in [9.17, 15) is 0 Å². The molecule has 0 aliphatic rings. The summed E-state index contributed by atoms with van der Waals surface area (Å²) in [6.07, 6.45) is 0. The fourth-order valence-corrected chi connectivity index (χ4v) is 3.31. The second-order valence-electron chi connectivity index (χ2n) is 8.27. The Morgan fingerprint density at radius 2 is 0.800 bits per heavy atom. The predicted octanol–water partition coefficient (Wildman–Crippen LogP) is 2.82. The van der Waals surface area contributed by atoms with Crippen LogP contribution in [-0.4, -0.2) is 89.5 Å². The molecule has 0 unspecified atom stereocenters. The molecule has 0 aliphatic carbocycles. The van der Waals surface area contributed by atoms with Gasteiger partial charge in [0.1, 0.15) is 24.7 Å². The van der Waals surface area contributed by atoms with Crippen LogP contribution in [0.25, 0.3) is 0 Å². The molecular weight excluding hydrogens is 452 g/mol. The average molecular weight is 493 g/mol. The topological polar surface area (TPSA) is 95.8 Å². The number of aliphatic hydroxyl groups is 2. The van der Waals surface area contributed by atoms with E-state index in [2.05, 4.69) is 38.1 Å². The Hall–Kier alpha value is -2.20. The van der Waals surface area contributed by atoms with Gasteiger partial charge in [0, 0.05) is 5.41 Å². The fraction of sp³-hybridized carbons (Fsp3) is 0.556. The molecule has 0 amide bonds. The molecule has 0 fully saturated rings. The lowest BCUT2D eigenvalue weighted by Gasteiger charge is -2.26. The second-order valence-corrected chi connectivity index (χ2v) is 8.27. The van der Waals surface area contributed by atoms with Gasteiger partial charge in [0.25, 0.3) is 0 Å². The van der Waals surface area contributed by atoms with Gasteiger partial charge in [-0.15, -0.1) is 0 Å². The Bertz CT molecular complexity index is 711. The summed E-state index contributed by atoms with van der Waals surface area (Å²) in [5.41, 5.74) is 2.20. The first-order chi connectivity index (χ1) is 17.1. The summed E-state index contributed by atoms with van der Waals surface area (Å²) in [5.74, 6) is 1.60. The molecule has 0 saturated heterocycles. The zero-order chi connectivity index (χ0) is 25.2. The van der Waals surface area contributed by atoms with Crippen LogP contribution in [0, 0.1) is 0 Å². The number of rotatable bonds is 20. The Labute approximate surface area is 208 Å². The maximum Gasteiger partial charge on any atom is 0.119 e. The van der Waals surface area contributed by atoms with Crippen LogP contribution in [0.3, 0.4) is 0 Å². The van der Waals surface area contributed by atoms with Crippen LogP contribution in [-0.2, 0) is 24.4 Å². The van der Waals surface area contributed by atoms with Gasteiger partial charge in [-0.25, -0.2) is 0 Å². The Morgan fingerprint density at radius 3 is 1.14 bits per heavy atom. The van der Waals surface area contributed by atoms with Gasteiger partial charge in [-0.2, -0.15) is 0 Å². The first-order valence-corrected chi connectivity index (χ1v) is 12.1. The molecule has 35 heavy (non-hydrogen) atoms. The van der Waals surface area contributed by atoms with Crippen molar-refractivity contribution in [2.24, 2.45) is 0 Å². The van der Waals surface area contributed by atoms with Gasteiger partial charge in [-0.1, -0.05) is 38.1 Å². The standard InChI is InChI=1S/C27H40O8/c1-27(2,23-3-7-25(8-4-23)34-21-19-32-17-15-30-13-11-28)24-5-9-26(10-6-24)35-22-20-33-18-16-31-14-12-29/h3-10,28-29H,11-22H2,1-2H3. The summed E-state index contributed by atoms with van der Waals surface area (Å²) in [6, 6.07) is 16.3. The van der Waals surface area contributed by atoms with E-state index in [1.165, 1.54) is 11.1 Å². The average Bonchev–Trinajstić information content (AvgIpc) is 2.88. The van der Waals surface area contributed by atoms with Gasteiger partial charge in [-0.3, -0.25) is 0 Å². The molecular formula is C27H40O8. The zero-order valence-electron chi connectivity index (χ0n) is 20.9. The highest BCUT2D eigenvalue weighted by Gasteiger charge is 2.23. The molecule has 8 heteroatoms. The van der Waals surface area contributed by atoms with E-state index in [0.29, 0.717) is 66.1 Å². The largest absolute Gasteiger partial charge is 0.491 e. The molecule has 0 aliphatic heterocycles. The number of ether oxygens (including phenoxy) is 6. The van der Waals surface area contributed by atoms with Crippen LogP contribution >= 0.6 is 0 Å². The summed E-state index contributed by atoms with van der Waals surface area (Å²) in [5, 5.41) is 17.3. The third-order valence-corrected chi connectivity index (χ3v) is 5.36. The molecule has 2 aromatic carbocycles. The molecule has 2 N–H and O–H groups in total. The summed E-state index contributed by atoms with van der Waals surface area (Å²) in [4.78, 5) is 0. The predicted molar refractivity (Wildman–Crippen MR) is 133 cm³/mol. The molecule has 0 spiro atoms. The van der Waals surface area contributed by atoms with Gasteiger partial charge >= 0.3 is 0 Å². The quantitative estimate of drug-likeness (QED) is 0.273. The normalized spacial score (nSPS) is 11.5. The molecule has 8 nitrogen and oxygen atoms in total. The Kier molecular flexibility index (Phi) is 14.3. The Balaban J connectivity index is 1.71. The molecule has 0 bridgehead atoms. The van der Waals surface area contributed by atoms with Crippen LogP contribution < -0.4 is 9.47 Å². The van der Waals surface area contributed by atoms with Crippen LogP contribution in [0.1, 0.15) is 25.0 Å². The van der Waals surface area contributed by atoms with E-state index in [1.807, 2.05) is 24.3 Å². The van der Waals surface area contributed by atoms with Crippen molar-refractivity contribution in [2.75, 3.05) is 79.3 Å². The zero-order valence-corrected chi connectivity index (χ0v) is 20.9. The van der Waals surface area contributed by atoms with Crippen LogP contribution in [0.15, 0.2) is 48.5 Å². The highest BCUT2D eigenvalue weighted by molar-refractivity contribution is 5.41. The minimum atomic E-state index is -0.174. The van der Waals surface area contributed by atoms with E-state index in [0.717, 1.165) is 11.5 Å². The van der Waals surface area contributed by atoms with Gasteiger partial charge in [0.05, 0.1) is 66.1 Å². The molecule has 0 saturated carbocycles. The van der Waals surface area contributed by atoms with Crippen molar-refractivity contribution in [1.29, 1.82) is 0 Å². The van der Waals surface area contributed by atoms with Crippen molar-refractivity contribution in [3.8, 4) is 11.5 Å². The first-order valence-electron chi connectivity index (χ1n) is 12.1. The van der Waals surface area contributed by atoms with Crippen molar-refractivity contribution in [2.45, 2.75) is 19.3 Å². The number of benzene rings is 2. The summed E-state index contributed by atoms with van der Waals surface area (Å²) >= 11 is 0. The summed E-state index contributed by atoms with van der Waals surface area (Å²) in [6.45, 7) is 8.89. The third-order valence-electron chi connectivity index (χ3n) is 5.36. The van der Waals surface area contributed by atoms with E-state index in [-0.39, 0.29) is 18.6 Å². The van der Waals surface area contributed by atoms with E-state index >= 15 is 0 Å². The first kappa shape index (κ1) is 29.0. The van der Waals surface area contributed by atoms with Gasteiger partial charge in [0.2, 0.25) is 0 Å². The summed E-state index contributed by atoms with van der Waals surface area (Å²) in [7, 11) is 0. The smallest absolute Gasteiger partial charge is 0.119 e. The maximum atomic E-state index is 8.64. The minimum absolute atomic E-state index is 0.0243. The van der Waals surface area contributed by atoms with E-state index in [1.54, 1.807) is 0 Å². The molecule has 0 atom stereocenters. The molecule has 2 rings (SSSR count). The molecule has 0 radical (unpaired) electrons. The van der Waals surface area contributed by atoms with Crippen LogP contribution in [0.5, 0.6) is 11.5 Å². The Morgan fingerprint density at radius 1 is 0.486 bits per heavy atom. The maximum absolute atomic E-state index is 8.64. The lowest BCUT2D eigenvalue weighted by atomic mass is 9.78. The van der Waals surface area contributed by atoms with Crippen molar-refractivity contribution in [3.05, 3.63) is 59.7 Å². The van der Waals surface area contributed by atoms with Gasteiger partial charge in [0.15, 0.2) is 0 Å². The van der Waals surface area contributed by atoms with Crippen molar-refractivity contribution < 1.29 is 38.6 Å². The van der Waals surface area contributed by atoms with E-state index in [4.69, 9.17) is 38.6 Å². The van der Waals surface area contributed by atoms with Crippen molar-refractivity contribution in [1.82, 2.24) is 0 Å². The SMILES string of the molecule is CC(C)(c1ccc(OCCOCCOCCO)cc1)c1ccc(OCCOCCOCCO)cc1. The van der Waals surface area contributed by atoms with Gasteiger partial charge in [-0.05, 0) is 35.4 Å². The molecule has 0 aromatic heterocycles. The minimum Gasteiger partial charge on any atom is -0.491 e. The van der Waals surface area contributed by atoms with Gasteiger partial charge < -0.3 is 38.6 Å². The lowest BCUT2D eigenvalue weighted by molar-refractivity contribution is 0.0247. The van der Waals surface area contributed by atoms with Crippen LogP contribution in [0.4, 0.5) is 0 Å². The molecule has 2 aromatic rings. The van der Waals surface area contributed by atoms with Crippen molar-refractivity contribution >= 4 is 0 Å². The second kappa shape index (κ2) is 17.3. The third kappa shape index (κ3) is 11.4. The van der Waals surface area contributed by atoms with E-state index < -0.39 is 0 Å². The number of hydrogen-bond donors (Lipinski definition) is 2. The molecule has 0 heterocycles. The van der Waals surface area contributed by atoms with Crippen molar-refractivity contribution in [3.63, 3.8) is 0 Å². The number of hydrogen-bond acceptors (Lipinski definition) is 8. The fourth-order valence-electron chi connectivity index (χ4n) is 3.31. The number of aliphatic hydroxyl groups excluding tert-OH is 2. The highest BCUT2D eigenvalue weighted by Crippen LogP contribution is 2.33. The van der Waals surface area contributed by atoms with Crippen LogP contribution in [0.2, 0.25) is 0 Å². The molecule has 196 valence electrons.